The number of likely N-dealkylation sites (tertiary alicyclic amines) is 1. The van der Waals surface area contributed by atoms with Crippen LogP contribution in [0.3, 0.4) is 0 Å². The van der Waals surface area contributed by atoms with Crippen LogP contribution in [-0.4, -0.2) is 48.7 Å². The first-order valence-corrected chi connectivity index (χ1v) is 3.80. The van der Waals surface area contributed by atoms with Crippen molar-refractivity contribution in [2.24, 2.45) is 0 Å². The minimum Gasteiger partial charge on any atom is -0.390 e. The third-order valence-corrected chi connectivity index (χ3v) is 2.07. The van der Waals surface area contributed by atoms with Gasteiger partial charge in [-0.1, -0.05) is 0 Å². The quantitative estimate of drug-likeness (QED) is 0.496. The Balaban J connectivity index is 2.37. The summed E-state index contributed by atoms with van der Waals surface area (Å²) in [5.74, 6) is 0. The van der Waals surface area contributed by atoms with Crippen molar-refractivity contribution in [2.45, 2.75) is 18.6 Å². The summed E-state index contributed by atoms with van der Waals surface area (Å²) in [6.07, 6.45) is 1.06. The molecule has 2 atom stereocenters. The van der Waals surface area contributed by atoms with E-state index in [4.69, 9.17) is 0 Å². The van der Waals surface area contributed by atoms with Gasteiger partial charge in [-0.2, -0.15) is 0 Å². The highest BCUT2D eigenvalue weighted by Gasteiger charge is 2.24. The van der Waals surface area contributed by atoms with Gasteiger partial charge in [0.1, 0.15) is 0 Å². The number of likely N-dealkylation sites (N-methyl/N-ethyl adjacent to an activating group) is 1. The second-order valence-corrected chi connectivity index (χ2v) is 3.01. The number of hydrogen-bond acceptors (Lipinski definition) is 3. The van der Waals surface area contributed by atoms with E-state index in [1.807, 2.05) is 11.9 Å². The van der Waals surface area contributed by atoms with Crippen LogP contribution in [0.4, 0.5) is 0 Å². The van der Waals surface area contributed by atoms with Gasteiger partial charge in [-0.25, -0.2) is 0 Å². The molecule has 0 aromatic carbocycles. The highest BCUT2D eigenvalue weighted by Crippen LogP contribution is 2.08. The van der Waals surface area contributed by atoms with Gasteiger partial charge in [-0.3, -0.25) is 4.79 Å². The Kier molecular flexibility index (Phi) is 2.84. The van der Waals surface area contributed by atoms with Crippen molar-refractivity contribution in [1.82, 2.24) is 10.2 Å². The molecule has 4 heteroatoms. The van der Waals surface area contributed by atoms with Crippen molar-refractivity contribution in [3.8, 4) is 0 Å². The van der Waals surface area contributed by atoms with Crippen molar-refractivity contribution in [3.05, 3.63) is 0 Å². The van der Waals surface area contributed by atoms with Gasteiger partial charge in [-0.05, 0) is 20.0 Å². The van der Waals surface area contributed by atoms with Crippen LogP contribution >= 0.6 is 0 Å². The van der Waals surface area contributed by atoms with Gasteiger partial charge in [0.05, 0.1) is 12.1 Å². The van der Waals surface area contributed by atoms with Crippen LogP contribution in [0, 0.1) is 0 Å². The summed E-state index contributed by atoms with van der Waals surface area (Å²) in [5, 5.41) is 12.0. The van der Waals surface area contributed by atoms with Gasteiger partial charge in [0, 0.05) is 6.54 Å². The molecule has 1 heterocycles. The number of carbonyl (C=O) groups excluding carboxylic acids is 1. The Hall–Kier alpha value is -0.610. The summed E-state index contributed by atoms with van der Waals surface area (Å²) >= 11 is 0. The molecule has 0 aliphatic carbocycles. The predicted octanol–water partition coefficient (Wildman–Crippen LogP) is -1.20. The zero-order valence-electron chi connectivity index (χ0n) is 6.66. The molecule has 0 bridgehead atoms. The first-order valence-electron chi connectivity index (χ1n) is 3.80. The maximum absolute atomic E-state index is 10.1. The number of nitrogens with one attached hydrogen (secondary N) is 1. The predicted molar refractivity (Wildman–Crippen MR) is 41.1 cm³/mol. The first kappa shape index (κ1) is 8.49. The molecular weight excluding hydrogens is 144 g/mol. The van der Waals surface area contributed by atoms with E-state index >= 15 is 0 Å². The number of rotatable bonds is 2. The summed E-state index contributed by atoms with van der Waals surface area (Å²) < 4.78 is 0. The molecule has 0 saturated carbocycles. The number of β-amino-alcohol motifs (C(OH)–C–C–N with tert-alkyl or cyclic N) is 1. The Bertz CT molecular complexity index is 140. The largest absolute Gasteiger partial charge is 0.390 e. The molecular formula is C7H14N2O2. The Morgan fingerprint density at radius 1 is 1.73 bits per heavy atom. The third kappa shape index (κ3) is 2.17. The number of piperidine rings is 1. The van der Waals surface area contributed by atoms with Crippen LogP contribution in [-0.2, 0) is 4.79 Å². The van der Waals surface area contributed by atoms with E-state index < -0.39 is 6.10 Å². The molecule has 1 unspecified atom stereocenters. The Morgan fingerprint density at radius 3 is 3.00 bits per heavy atom. The molecule has 2 N–H and O–H groups in total. The first-order chi connectivity index (χ1) is 5.24. The van der Waals surface area contributed by atoms with Gasteiger partial charge in [0.25, 0.3) is 0 Å². The molecule has 1 amide bonds. The van der Waals surface area contributed by atoms with Crippen molar-refractivity contribution in [3.63, 3.8) is 0 Å². The number of nitrogens with zero attached hydrogens (tertiary/aromatic N) is 1. The van der Waals surface area contributed by atoms with E-state index in [1.165, 1.54) is 0 Å². The average molecular weight is 158 g/mol. The van der Waals surface area contributed by atoms with Crippen molar-refractivity contribution in [2.75, 3.05) is 20.1 Å². The lowest BCUT2D eigenvalue weighted by atomic mass is 10.0. The van der Waals surface area contributed by atoms with E-state index in [0.717, 1.165) is 13.0 Å². The number of hydrogen-bond donors (Lipinski definition) is 2. The van der Waals surface area contributed by atoms with Crippen LogP contribution in [0.1, 0.15) is 6.42 Å². The number of aliphatic hydroxyl groups excluding tert-OH is 1. The standard InChI is InChI=1S/C7H14N2O2/c1-9-3-2-6(8-5-10)7(11)4-9/h5-7,11H,2-4H2,1H3,(H,8,10)/t6?,7-/m0/s1. The SMILES string of the molecule is CN1CCC(NC=O)[C@@H](O)C1. The van der Waals surface area contributed by atoms with Crippen LogP contribution in [0.2, 0.25) is 0 Å². The molecule has 1 aliphatic heterocycles. The summed E-state index contributed by atoms with van der Waals surface area (Å²) in [5.41, 5.74) is 0. The molecule has 4 nitrogen and oxygen atoms in total. The molecule has 0 aromatic rings. The van der Waals surface area contributed by atoms with Gasteiger partial charge in [0.2, 0.25) is 6.41 Å². The molecule has 1 fully saturated rings. The monoisotopic (exact) mass is 158 g/mol. The zero-order valence-corrected chi connectivity index (χ0v) is 6.66. The van der Waals surface area contributed by atoms with E-state index in [1.54, 1.807) is 0 Å². The second kappa shape index (κ2) is 3.69. The van der Waals surface area contributed by atoms with Crippen molar-refractivity contribution in [1.29, 1.82) is 0 Å². The number of amides is 1. The average Bonchev–Trinajstić information content (AvgIpc) is 1.95. The lowest BCUT2D eigenvalue weighted by Gasteiger charge is -2.33. The highest BCUT2D eigenvalue weighted by molar-refractivity contribution is 5.46. The maximum Gasteiger partial charge on any atom is 0.207 e. The highest BCUT2D eigenvalue weighted by atomic mass is 16.3. The Morgan fingerprint density at radius 2 is 2.45 bits per heavy atom. The molecule has 1 rings (SSSR count). The normalized spacial score (nSPS) is 33.3. The van der Waals surface area contributed by atoms with Crippen LogP contribution in [0.15, 0.2) is 0 Å². The fraction of sp³-hybridized carbons (Fsp3) is 0.857. The van der Waals surface area contributed by atoms with E-state index in [0.29, 0.717) is 13.0 Å². The number of aliphatic hydroxyl groups is 1. The van der Waals surface area contributed by atoms with Gasteiger partial charge in [-0.15, -0.1) is 0 Å². The molecule has 1 aliphatic rings. The smallest absolute Gasteiger partial charge is 0.207 e. The lowest BCUT2D eigenvalue weighted by molar-refractivity contribution is -0.111. The molecule has 0 aromatic heterocycles. The van der Waals surface area contributed by atoms with Crippen LogP contribution in [0.5, 0.6) is 0 Å². The minimum absolute atomic E-state index is 0.0521. The lowest BCUT2D eigenvalue weighted by Crippen LogP contribution is -2.51. The van der Waals surface area contributed by atoms with E-state index in [9.17, 15) is 9.90 Å². The van der Waals surface area contributed by atoms with Crippen molar-refractivity contribution < 1.29 is 9.90 Å². The van der Waals surface area contributed by atoms with Crippen LogP contribution in [0.25, 0.3) is 0 Å². The molecule has 11 heavy (non-hydrogen) atoms. The maximum atomic E-state index is 10.1. The second-order valence-electron chi connectivity index (χ2n) is 3.01. The third-order valence-electron chi connectivity index (χ3n) is 2.07. The number of carbonyl (C=O) groups is 1. The molecule has 0 radical (unpaired) electrons. The van der Waals surface area contributed by atoms with Gasteiger partial charge >= 0.3 is 0 Å². The summed E-state index contributed by atoms with van der Waals surface area (Å²) in [4.78, 5) is 12.1. The summed E-state index contributed by atoms with van der Waals surface area (Å²) in [6, 6.07) is -0.0521. The molecule has 0 spiro atoms. The van der Waals surface area contributed by atoms with Crippen LogP contribution < -0.4 is 5.32 Å². The fourth-order valence-electron chi connectivity index (χ4n) is 1.37. The van der Waals surface area contributed by atoms with Gasteiger partial charge in [0.15, 0.2) is 0 Å². The van der Waals surface area contributed by atoms with E-state index in [2.05, 4.69) is 5.32 Å². The van der Waals surface area contributed by atoms with E-state index in [-0.39, 0.29) is 6.04 Å². The molecule has 64 valence electrons. The fourth-order valence-corrected chi connectivity index (χ4v) is 1.37. The minimum atomic E-state index is -0.418. The Labute approximate surface area is 66.2 Å². The summed E-state index contributed by atoms with van der Waals surface area (Å²) in [6.45, 7) is 1.58. The topological polar surface area (TPSA) is 52.6 Å². The molecule has 1 saturated heterocycles. The van der Waals surface area contributed by atoms with Gasteiger partial charge < -0.3 is 15.3 Å². The zero-order chi connectivity index (χ0) is 8.27. The summed E-state index contributed by atoms with van der Waals surface area (Å²) in [7, 11) is 1.96. The van der Waals surface area contributed by atoms with Crippen molar-refractivity contribution >= 4 is 6.41 Å².